The van der Waals surface area contributed by atoms with Crippen LogP contribution in [0.3, 0.4) is 0 Å². The monoisotopic (exact) mass is 403 g/mol. The number of H-pyrrole nitrogens is 1. The van der Waals surface area contributed by atoms with Crippen molar-refractivity contribution in [2.45, 2.75) is 0 Å². The van der Waals surface area contributed by atoms with Gasteiger partial charge in [0.2, 0.25) is 0 Å². The smallest absolute Gasteiger partial charge is 0.115 e. The molecule has 0 aliphatic rings. The molecule has 6 rings (SSSR count). The number of hydrogen-bond donors (Lipinski definition) is 1. The van der Waals surface area contributed by atoms with Gasteiger partial charge in [0.1, 0.15) is 6.33 Å². The lowest BCUT2D eigenvalue weighted by Gasteiger charge is -2.04. The molecule has 0 atom stereocenters. The molecule has 6 aromatic rings. The Bertz CT molecular complexity index is 1550. The number of aromatic nitrogens is 5. The van der Waals surface area contributed by atoms with Crippen LogP contribution in [0.4, 0.5) is 0 Å². The van der Waals surface area contributed by atoms with E-state index in [0.717, 1.165) is 11.1 Å². The third kappa shape index (κ3) is 2.70. The number of nitrogens with zero attached hydrogens (tertiary/aromatic N) is 4. The van der Waals surface area contributed by atoms with Crippen LogP contribution < -0.4 is 0 Å². The zero-order valence-electron chi connectivity index (χ0n) is 17.4. The Morgan fingerprint density at radius 3 is 2.06 bits per heavy atom. The zero-order chi connectivity index (χ0) is 20.9. The summed E-state index contributed by atoms with van der Waals surface area (Å²) in [5.74, 6) is 0. The van der Waals surface area contributed by atoms with E-state index in [1.165, 1.54) is 44.1 Å². The fraction of sp³-hybridized carbons (Fsp3) is 0.0769. The molecular formula is C26H21N5. The van der Waals surface area contributed by atoms with Gasteiger partial charge in [0.05, 0.1) is 0 Å². The van der Waals surface area contributed by atoms with Gasteiger partial charge in [0.25, 0.3) is 0 Å². The van der Waals surface area contributed by atoms with Gasteiger partial charge in [-0.05, 0) is 17.7 Å². The lowest BCUT2D eigenvalue weighted by atomic mass is 9.97. The second-order valence-corrected chi connectivity index (χ2v) is 7.97. The summed E-state index contributed by atoms with van der Waals surface area (Å²) in [6, 6.07) is 15.1. The van der Waals surface area contributed by atoms with Gasteiger partial charge in [0.15, 0.2) is 0 Å². The Labute approximate surface area is 179 Å². The Morgan fingerprint density at radius 1 is 0.677 bits per heavy atom. The van der Waals surface area contributed by atoms with Crippen LogP contribution >= 0.6 is 0 Å². The minimum atomic E-state index is 1.02. The third-order valence-electron chi connectivity index (χ3n) is 6.11. The molecule has 0 bridgehead atoms. The van der Waals surface area contributed by atoms with Gasteiger partial charge in [-0.1, -0.05) is 30.3 Å². The lowest BCUT2D eigenvalue weighted by molar-refractivity contribution is 0.969. The van der Waals surface area contributed by atoms with Crippen LogP contribution in [0.2, 0.25) is 0 Å². The number of aromatic amines is 1. The van der Waals surface area contributed by atoms with E-state index in [4.69, 9.17) is 0 Å². The molecule has 0 aliphatic carbocycles. The molecule has 0 saturated carbocycles. The van der Waals surface area contributed by atoms with Crippen molar-refractivity contribution in [2.75, 3.05) is 0 Å². The van der Waals surface area contributed by atoms with Crippen molar-refractivity contribution >= 4 is 21.8 Å². The minimum absolute atomic E-state index is 1.02. The summed E-state index contributed by atoms with van der Waals surface area (Å²) < 4.78 is 4.39. The first-order chi connectivity index (χ1) is 15.2. The summed E-state index contributed by atoms with van der Waals surface area (Å²) in [5.41, 5.74) is 9.43. The molecule has 2 aromatic carbocycles. The van der Waals surface area contributed by atoms with E-state index in [2.05, 4.69) is 105 Å². The first kappa shape index (κ1) is 17.7. The highest BCUT2D eigenvalue weighted by Gasteiger charge is 2.17. The van der Waals surface area contributed by atoms with Gasteiger partial charge in [-0.3, -0.25) is 0 Å². The fourth-order valence-electron chi connectivity index (χ4n) is 4.59. The summed E-state index contributed by atoms with van der Waals surface area (Å²) in [7, 11) is 4.20. The predicted molar refractivity (Wildman–Crippen MR) is 126 cm³/mol. The highest BCUT2D eigenvalue weighted by Crippen LogP contribution is 2.40. The van der Waals surface area contributed by atoms with E-state index in [9.17, 15) is 0 Å². The number of benzene rings is 2. The second-order valence-electron chi connectivity index (χ2n) is 7.97. The van der Waals surface area contributed by atoms with Crippen LogP contribution in [0.15, 0.2) is 86.0 Å². The number of aryl methyl sites for hydroxylation is 2. The first-order valence-electron chi connectivity index (χ1n) is 10.3. The van der Waals surface area contributed by atoms with Crippen molar-refractivity contribution in [1.29, 1.82) is 0 Å². The van der Waals surface area contributed by atoms with Crippen molar-refractivity contribution in [1.82, 2.24) is 24.1 Å². The van der Waals surface area contributed by atoms with Crippen molar-refractivity contribution in [3.8, 4) is 33.4 Å². The molecular weight excluding hydrogens is 382 g/mol. The van der Waals surface area contributed by atoms with E-state index < -0.39 is 0 Å². The highest BCUT2D eigenvalue weighted by atomic mass is 14.9. The molecule has 0 radical (unpaired) electrons. The molecule has 4 aromatic heterocycles. The molecule has 0 fully saturated rings. The van der Waals surface area contributed by atoms with E-state index >= 15 is 0 Å². The Morgan fingerprint density at radius 2 is 1.32 bits per heavy atom. The molecule has 5 nitrogen and oxygen atoms in total. The SMILES string of the molecule is Cn1cc(-c2c[nH]cc2-c2cn(C)c3cc(-c4cncnc4)ccc23)c2ccccc21. The molecule has 0 amide bonds. The van der Waals surface area contributed by atoms with Gasteiger partial charge in [-0.2, -0.15) is 0 Å². The molecule has 0 spiro atoms. The number of hydrogen-bond acceptors (Lipinski definition) is 2. The number of para-hydroxylation sites is 1. The standard InChI is InChI=1S/C26H21N5/c1-30-14-23(19-5-3-4-6-25(19)30)21-12-27-13-22(21)24-15-31(2)26-9-17(7-8-20(24)26)18-10-28-16-29-11-18/h3-16,27H,1-2H3. The lowest BCUT2D eigenvalue weighted by Crippen LogP contribution is -1.86. The predicted octanol–water partition coefficient (Wildman–Crippen LogP) is 5.79. The van der Waals surface area contributed by atoms with Gasteiger partial charge < -0.3 is 14.1 Å². The van der Waals surface area contributed by atoms with Crippen LogP contribution in [-0.4, -0.2) is 24.1 Å². The highest BCUT2D eigenvalue weighted by molar-refractivity contribution is 6.05. The largest absolute Gasteiger partial charge is 0.366 e. The van der Waals surface area contributed by atoms with Gasteiger partial charge in [-0.15, -0.1) is 0 Å². The maximum Gasteiger partial charge on any atom is 0.115 e. The maximum atomic E-state index is 4.16. The molecule has 31 heavy (non-hydrogen) atoms. The Balaban J connectivity index is 1.54. The molecule has 0 aliphatic heterocycles. The van der Waals surface area contributed by atoms with E-state index in [1.807, 2.05) is 12.4 Å². The Kier molecular flexibility index (Phi) is 3.83. The second kappa shape index (κ2) is 6.71. The Hall–Kier alpha value is -4.12. The maximum absolute atomic E-state index is 4.16. The van der Waals surface area contributed by atoms with Crippen LogP contribution in [0.1, 0.15) is 0 Å². The number of fused-ring (bicyclic) bond motifs is 2. The van der Waals surface area contributed by atoms with Crippen LogP contribution in [0, 0.1) is 0 Å². The summed E-state index contributed by atoms with van der Waals surface area (Å²) in [6.45, 7) is 0. The molecule has 1 N–H and O–H groups in total. The van der Waals surface area contributed by atoms with Crippen molar-refractivity contribution in [3.05, 3.63) is 86.0 Å². The van der Waals surface area contributed by atoms with Gasteiger partial charge in [0, 0.05) is 101 Å². The van der Waals surface area contributed by atoms with E-state index in [1.54, 1.807) is 6.33 Å². The topological polar surface area (TPSA) is 51.4 Å². The van der Waals surface area contributed by atoms with Crippen molar-refractivity contribution in [3.63, 3.8) is 0 Å². The third-order valence-corrected chi connectivity index (χ3v) is 6.11. The molecule has 0 saturated heterocycles. The first-order valence-corrected chi connectivity index (χ1v) is 10.3. The number of rotatable bonds is 3. The average Bonchev–Trinajstić information content (AvgIpc) is 3.50. The minimum Gasteiger partial charge on any atom is -0.366 e. The summed E-state index contributed by atoms with van der Waals surface area (Å²) in [6.07, 6.45) is 13.9. The molecule has 4 heterocycles. The van der Waals surface area contributed by atoms with Crippen LogP contribution in [-0.2, 0) is 14.1 Å². The molecule has 150 valence electrons. The van der Waals surface area contributed by atoms with Crippen molar-refractivity contribution in [2.24, 2.45) is 14.1 Å². The quantitative estimate of drug-likeness (QED) is 0.407. The normalized spacial score (nSPS) is 11.5. The van der Waals surface area contributed by atoms with Gasteiger partial charge >= 0.3 is 0 Å². The van der Waals surface area contributed by atoms with E-state index in [0.29, 0.717) is 0 Å². The van der Waals surface area contributed by atoms with E-state index in [-0.39, 0.29) is 0 Å². The molecule has 0 unspecified atom stereocenters. The summed E-state index contributed by atoms with van der Waals surface area (Å²) >= 11 is 0. The fourth-order valence-corrected chi connectivity index (χ4v) is 4.59. The van der Waals surface area contributed by atoms with Crippen molar-refractivity contribution < 1.29 is 0 Å². The average molecular weight is 403 g/mol. The zero-order valence-corrected chi connectivity index (χ0v) is 17.4. The molecule has 5 heteroatoms. The summed E-state index contributed by atoms with van der Waals surface area (Å²) in [4.78, 5) is 11.7. The summed E-state index contributed by atoms with van der Waals surface area (Å²) in [5, 5.41) is 2.49. The van der Waals surface area contributed by atoms with Gasteiger partial charge in [-0.25, -0.2) is 9.97 Å². The van der Waals surface area contributed by atoms with Crippen LogP contribution in [0.25, 0.3) is 55.2 Å². The van der Waals surface area contributed by atoms with Crippen LogP contribution in [0.5, 0.6) is 0 Å². The number of nitrogens with one attached hydrogen (secondary N) is 1.